The van der Waals surface area contributed by atoms with Gasteiger partial charge in [0.05, 0.1) is 17.9 Å². The van der Waals surface area contributed by atoms with Crippen molar-refractivity contribution in [1.29, 1.82) is 0 Å². The fourth-order valence-electron chi connectivity index (χ4n) is 6.59. The van der Waals surface area contributed by atoms with Gasteiger partial charge in [0.15, 0.2) is 0 Å². The SMILES string of the molecule is CCCN1C(=O)[C@@H]2[C@H](C(=O)Nc3cccc(Cl)c3)[C@@H]3C=C[C@@]2(O3)[C@@H]1C(=O)N[C@@H]1CCC[C@@H](C)[C@@H]1C. The zero-order chi connectivity index (χ0) is 24.9. The van der Waals surface area contributed by atoms with Crippen LogP contribution in [-0.2, 0) is 19.1 Å². The van der Waals surface area contributed by atoms with Crippen LogP contribution in [-0.4, -0.2) is 53.0 Å². The Kier molecular flexibility index (Phi) is 6.43. The third-order valence-corrected chi connectivity index (χ3v) is 8.75. The molecule has 3 amide bonds. The highest BCUT2D eigenvalue weighted by Gasteiger charge is 2.72. The summed E-state index contributed by atoms with van der Waals surface area (Å²) in [6.45, 7) is 6.84. The van der Waals surface area contributed by atoms with Gasteiger partial charge in [0.1, 0.15) is 11.6 Å². The first-order valence-corrected chi connectivity index (χ1v) is 13.2. The maximum absolute atomic E-state index is 13.8. The Labute approximate surface area is 211 Å². The van der Waals surface area contributed by atoms with Crippen molar-refractivity contribution in [1.82, 2.24) is 10.2 Å². The Bertz CT molecular complexity index is 1060. The predicted molar refractivity (Wildman–Crippen MR) is 134 cm³/mol. The highest BCUT2D eigenvalue weighted by atomic mass is 35.5. The summed E-state index contributed by atoms with van der Waals surface area (Å²) in [6, 6.07) is 6.20. The van der Waals surface area contributed by atoms with E-state index in [9.17, 15) is 14.4 Å². The minimum atomic E-state index is -1.12. The van der Waals surface area contributed by atoms with E-state index in [4.69, 9.17) is 16.3 Å². The van der Waals surface area contributed by atoms with Crippen LogP contribution >= 0.6 is 11.6 Å². The number of amides is 3. The topological polar surface area (TPSA) is 87.7 Å². The number of carbonyl (C=O) groups excluding carboxylic acids is 3. The van der Waals surface area contributed by atoms with Gasteiger partial charge in [-0.05, 0) is 42.9 Å². The number of carbonyl (C=O) groups is 3. The number of hydrogen-bond acceptors (Lipinski definition) is 4. The highest BCUT2D eigenvalue weighted by Crippen LogP contribution is 2.55. The normalized spacial score (nSPS) is 37.4. The zero-order valence-electron chi connectivity index (χ0n) is 20.5. The maximum atomic E-state index is 13.8. The second-order valence-electron chi connectivity index (χ2n) is 10.6. The van der Waals surface area contributed by atoms with Gasteiger partial charge in [-0.3, -0.25) is 14.4 Å². The Balaban J connectivity index is 1.42. The fraction of sp³-hybridized carbons (Fsp3) is 0.593. The molecule has 3 heterocycles. The van der Waals surface area contributed by atoms with E-state index in [2.05, 4.69) is 24.5 Å². The smallest absolute Gasteiger partial charge is 0.246 e. The van der Waals surface area contributed by atoms with Crippen LogP contribution in [0, 0.1) is 23.7 Å². The molecular formula is C27H34ClN3O4. The summed E-state index contributed by atoms with van der Waals surface area (Å²) in [4.78, 5) is 42.6. The molecule has 1 aromatic rings. The minimum Gasteiger partial charge on any atom is -0.359 e. The number of fused-ring (bicyclic) bond motifs is 1. The van der Waals surface area contributed by atoms with Crippen molar-refractivity contribution < 1.29 is 19.1 Å². The van der Waals surface area contributed by atoms with Crippen LogP contribution in [0.3, 0.4) is 0 Å². The summed E-state index contributed by atoms with van der Waals surface area (Å²) < 4.78 is 6.38. The second-order valence-corrected chi connectivity index (χ2v) is 11.1. The molecule has 0 unspecified atom stereocenters. The van der Waals surface area contributed by atoms with E-state index in [0.29, 0.717) is 35.5 Å². The average molecular weight is 500 g/mol. The van der Waals surface area contributed by atoms with Gasteiger partial charge in [0.2, 0.25) is 17.7 Å². The van der Waals surface area contributed by atoms with E-state index in [1.54, 1.807) is 29.2 Å². The zero-order valence-corrected chi connectivity index (χ0v) is 21.3. The lowest BCUT2D eigenvalue weighted by molar-refractivity contribution is -0.141. The molecule has 2 N–H and O–H groups in total. The molecule has 1 aromatic carbocycles. The molecule has 5 rings (SSSR count). The number of benzene rings is 1. The number of rotatable bonds is 6. The third kappa shape index (κ3) is 3.97. The van der Waals surface area contributed by atoms with E-state index in [-0.39, 0.29) is 23.8 Å². The maximum Gasteiger partial charge on any atom is 0.246 e. The highest BCUT2D eigenvalue weighted by molar-refractivity contribution is 6.30. The van der Waals surface area contributed by atoms with E-state index in [1.165, 1.54) is 6.42 Å². The Hall–Kier alpha value is -2.38. The van der Waals surface area contributed by atoms with Crippen LogP contribution in [0.25, 0.3) is 0 Å². The minimum absolute atomic E-state index is 0.0739. The lowest BCUT2D eigenvalue weighted by Crippen LogP contribution is -2.57. The first kappa shape index (κ1) is 24.3. The molecule has 7 nitrogen and oxygen atoms in total. The van der Waals surface area contributed by atoms with E-state index < -0.39 is 29.6 Å². The average Bonchev–Trinajstić information content (AvgIpc) is 3.45. The van der Waals surface area contributed by atoms with Crippen LogP contribution in [0.5, 0.6) is 0 Å². The van der Waals surface area contributed by atoms with Crippen molar-refractivity contribution >= 4 is 35.0 Å². The van der Waals surface area contributed by atoms with Crippen molar-refractivity contribution in [3.63, 3.8) is 0 Å². The summed E-state index contributed by atoms with van der Waals surface area (Å²) in [6.07, 6.45) is 7.05. The number of halogens is 1. The number of likely N-dealkylation sites (tertiary alicyclic amines) is 1. The molecule has 35 heavy (non-hydrogen) atoms. The van der Waals surface area contributed by atoms with Gasteiger partial charge in [-0.2, -0.15) is 0 Å². The Morgan fingerprint density at radius 3 is 2.77 bits per heavy atom. The Morgan fingerprint density at radius 1 is 1.23 bits per heavy atom. The van der Waals surface area contributed by atoms with E-state index in [0.717, 1.165) is 12.8 Å². The lowest BCUT2D eigenvalue weighted by atomic mass is 9.73. The lowest BCUT2D eigenvalue weighted by Gasteiger charge is -2.38. The van der Waals surface area contributed by atoms with Crippen LogP contribution in [0.1, 0.15) is 46.5 Å². The van der Waals surface area contributed by atoms with Gasteiger partial charge >= 0.3 is 0 Å². The van der Waals surface area contributed by atoms with Gasteiger partial charge in [0, 0.05) is 23.3 Å². The Morgan fingerprint density at radius 2 is 2.03 bits per heavy atom. The number of ether oxygens (including phenoxy) is 1. The molecule has 4 aliphatic rings. The number of nitrogens with one attached hydrogen (secondary N) is 2. The third-order valence-electron chi connectivity index (χ3n) is 8.52. The second kappa shape index (κ2) is 9.25. The fourth-order valence-corrected chi connectivity index (χ4v) is 6.78. The van der Waals surface area contributed by atoms with Crippen molar-refractivity contribution in [3.8, 4) is 0 Å². The van der Waals surface area contributed by atoms with Gasteiger partial charge in [-0.15, -0.1) is 0 Å². The van der Waals surface area contributed by atoms with Crippen LogP contribution < -0.4 is 10.6 Å². The molecule has 3 aliphatic heterocycles. The van der Waals surface area contributed by atoms with Crippen LogP contribution in [0.2, 0.25) is 5.02 Å². The van der Waals surface area contributed by atoms with Crippen molar-refractivity contribution in [2.75, 3.05) is 11.9 Å². The standard InChI is InChI=1S/C27H34ClN3O4/c1-4-13-31-23(25(33)30-19-10-5-7-15(2)16(19)3)27-12-11-20(35-27)21(22(27)26(31)34)24(32)29-18-9-6-8-17(28)14-18/h6,8-9,11-12,14-16,19-23H,4-5,7,10,13H2,1-3H3,(H,29,32)(H,30,33)/t15-,16+,19-,20+,21-,22+,23+,27+/m1/s1. The van der Waals surface area contributed by atoms with Gasteiger partial charge in [-0.1, -0.05) is 63.4 Å². The molecule has 1 spiro atoms. The first-order valence-electron chi connectivity index (χ1n) is 12.8. The molecular weight excluding hydrogens is 466 g/mol. The summed E-state index contributed by atoms with van der Waals surface area (Å²) in [7, 11) is 0. The quantitative estimate of drug-likeness (QED) is 0.583. The van der Waals surface area contributed by atoms with Crippen molar-refractivity contribution in [3.05, 3.63) is 41.4 Å². The number of nitrogens with zero attached hydrogens (tertiary/aromatic N) is 1. The monoisotopic (exact) mass is 499 g/mol. The molecule has 3 fully saturated rings. The molecule has 0 radical (unpaired) electrons. The summed E-state index contributed by atoms with van der Waals surface area (Å²) in [5.41, 5.74) is -0.560. The summed E-state index contributed by atoms with van der Waals surface area (Å²) in [5.74, 6) is -1.20. The molecule has 1 aliphatic carbocycles. The van der Waals surface area contributed by atoms with Crippen LogP contribution in [0.4, 0.5) is 5.69 Å². The largest absolute Gasteiger partial charge is 0.359 e. The van der Waals surface area contributed by atoms with Gasteiger partial charge < -0.3 is 20.3 Å². The summed E-state index contributed by atoms with van der Waals surface area (Å²) in [5, 5.41) is 6.68. The van der Waals surface area contributed by atoms with E-state index in [1.807, 2.05) is 19.1 Å². The van der Waals surface area contributed by atoms with Crippen molar-refractivity contribution in [2.45, 2.75) is 70.2 Å². The first-order chi connectivity index (χ1) is 16.8. The van der Waals surface area contributed by atoms with Gasteiger partial charge in [0.25, 0.3) is 0 Å². The molecule has 2 saturated heterocycles. The molecule has 188 valence electrons. The molecule has 8 atom stereocenters. The predicted octanol–water partition coefficient (Wildman–Crippen LogP) is 3.78. The van der Waals surface area contributed by atoms with Crippen LogP contribution in [0.15, 0.2) is 36.4 Å². The number of anilines is 1. The molecule has 8 heteroatoms. The van der Waals surface area contributed by atoms with Crippen molar-refractivity contribution in [2.24, 2.45) is 23.7 Å². The molecule has 0 aromatic heterocycles. The van der Waals surface area contributed by atoms with Gasteiger partial charge in [-0.25, -0.2) is 0 Å². The molecule has 2 bridgehead atoms. The summed E-state index contributed by atoms with van der Waals surface area (Å²) >= 11 is 6.08. The number of hydrogen-bond donors (Lipinski definition) is 2. The molecule has 1 saturated carbocycles. The van der Waals surface area contributed by atoms with E-state index >= 15 is 0 Å².